The Labute approximate surface area is 138 Å². The van der Waals surface area contributed by atoms with Crippen molar-refractivity contribution in [3.63, 3.8) is 0 Å². The smallest absolute Gasteiger partial charge is 0.234 e. The summed E-state index contributed by atoms with van der Waals surface area (Å²) in [7, 11) is 1.80. The lowest BCUT2D eigenvalue weighted by molar-refractivity contribution is -0.113. The van der Waals surface area contributed by atoms with Gasteiger partial charge in [-0.25, -0.2) is 0 Å². The van der Waals surface area contributed by atoms with E-state index in [-0.39, 0.29) is 5.91 Å². The first-order chi connectivity index (χ1) is 10.6. The lowest BCUT2D eigenvalue weighted by Crippen LogP contribution is -2.15. The molecule has 0 aliphatic heterocycles. The van der Waals surface area contributed by atoms with E-state index >= 15 is 0 Å². The molecule has 1 aromatic carbocycles. The number of carbonyl (C=O) groups is 1. The van der Waals surface area contributed by atoms with Crippen LogP contribution in [-0.4, -0.2) is 28.9 Å². The summed E-state index contributed by atoms with van der Waals surface area (Å²) < 4.78 is 0.787. The number of thioether (sulfide) groups is 1. The molecule has 0 aliphatic carbocycles. The Morgan fingerprint density at radius 1 is 1.36 bits per heavy atom. The maximum atomic E-state index is 12.1. The molecule has 1 heterocycles. The van der Waals surface area contributed by atoms with E-state index in [0.29, 0.717) is 11.7 Å². The minimum Gasteiger partial charge on any atom is -0.363 e. The van der Waals surface area contributed by atoms with Crippen molar-refractivity contribution in [2.24, 2.45) is 0 Å². The van der Waals surface area contributed by atoms with Gasteiger partial charge < -0.3 is 10.6 Å². The Balaban J connectivity index is 1.94. The van der Waals surface area contributed by atoms with E-state index in [4.69, 9.17) is 0 Å². The summed E-state index contributed by atoms with van der Waals surface area (Å²) in [6.07, 6.45) is 1.04. The fourth-order valence-corrected chi connectivity index (χ4v) is 3.45. The minimum atomic E-state index is -0.0260. The summed E-state index contributed by atoms with van der Waals surface area (Å²) in [5.74, 6) is 0.722. The number of anilines is 2. The fourth-order valence-electron chi connectivity index (χ4n) is 1.94. The molecule has 7 heteroatoms. The molecule has 0 spiro atoms. The second-order valence-corrected chi connectivity index (χ2v) is 7.06. The summed E-state index contributed by atoms with van der Waals surface area (Å²) in [6.45, 7) is 4.31. The molecule has 1 atom stereocenters. The summed E-state index contributed by atoms with van der Waals surface area (Å²) >= 11 is 2.84. The first-order valence-electron chi connectivity index (χ1n) is 7.16. The molecule has 22 heavy (non-hydrogen) atoms. The van der Waals surface area contributed by atoms with Gasteiger partial charge in [0.2, 0.25) is 11.0 Å². The topological polar surface area (TPSA) is 66.9 Å². The van der Waals surface area contributed by atoms with Crippen molar-refractivity contribution in [3.8, 4) is 0 Å². The second kappa shape index (κ2) is 8.14. The van der Waals surface area contributed by atoms with Crippen molar-refractivity contribution in [2.45, 2.75) is 30.5 Å². The number of hydrogen-bond donors (Lipinski definition) is 2. The van der Waals surface area contributed by atoms with Gasteiger partial charge in [-0.1, -0.05) is 55.1 Å². The number of benzene rings is 1. The molecule has 2 rings (SSSR count). The van der Waals surface area contributed by atoms with Crippen molar-refractivity contribution in [3.05, 3.63) is 29.8 Å². The third-order valence-electron chi connectivity index (χ3n) is 3.33. The lowest BCUT2D eigenvalue weighted by Gasteiger charge is -2.15. The van der Waals surface area contributed by atoms with E-state index in [0.717, 1.165) is 21.6 Å². The van der Waals surface area contributed by atoms with Crippen molar-refractivity contribution < 1.29 is 4.79 Å². The summed E-state index contributed by atoms with van der Waals surface area (Å²) in [4.78, 5) is 12.1. The molecule has 0 radical (unpaired) electrons. The van der Waals surface area contributed by atoms with Crippen molar-refractivity contribution in [1.82, 2.24) is 10.2 Å². The molecular weight excluding hydrogens is 316 g/mol. The third-order valence-corrected chi connectivity index (χ3v) is 5.40. The third kappa shape index (κ3) is 4.45. The van der Waals surface area contributed by atoms with Crippen LogP contribution in [0, 0.1) is 0 Å². The van der Waals surface area contributed by atoms with Crippen LogP contribution in [0.25, 0.3) is 0 Å². The predicted molar refractivity (Wildman–Crippen MR) is 94.0 cm³/mol. The van der Waals surface area contributed by atoms with E-state index in [1.54, 1.807) is 7.05 Å². The van der Waals surface area contributed by atoms with Crippen LogP contribution in [-0.2, 0) is 4.79 Å². The quantitative estimate of drug-likeness (QED) is 0.752. The Kier molecular flexibility index (Phi) is 6.21. The molecule has 0 saturated heterocycles. The zero-order valence-corrected chi connectivity index (χ0v) is 14.6. The van der Waals surface area contributed by atoms with Crippen LogP contribution < -0.4 is 10.6 Å². The molecule has 2 aromatic rings. The molecule has 118 valence electrons. The average molecular weight is 336 g/mol. The number of hydrogen-bond acceptors (Lipinski definition) is 6. The maximum absolute atomic E-state index is 12.1. The molecule has 0 unspecified atom stereocenters. The molecule has 1 aromatic heterocycles. The van der Waals surface area contributed by atoms with Crippen LogP contribution in [0.5, 0.6) is 0 Å². The standard InChI is InChI=1S/C15H20N4OS2/c1-4-10(2)11-7-5-6-8-12(11)17-13(20)9-21-15-19-18-14(16-3)22-15/h5-8,10H,4,9H2,1-3H3,(H,16,18)(H,17,20)/t10-/m1/s1. The molecule has 2 N–H and O–H groups in total. The summed E-state index contributed by atoms with van der Waals surface area (Å²) in [5.41, 5.74) is 2.08. The Hall–Kier alpha value is -1.60. The number of aromatic nitrogens is 2. The van der Waals surface area contributed by atoms with Crippen LogP contribution in [0.2, 0.25) is 0 Å². The van der Waals surface area contributed by atoms with Crippen molar-refractivity contribution >= 4 is 39.8 Å². The number of nitrogens with zero attached hydrogens (tertiary/aromatic N) is 2. The van der Waals surface area contributed by atoms with Crippen LogP contribution >= 0.6 is 23.1 Å². The minimum absolute atomic E-state index is 0.0260. The predicted octanol–water partition coefficient (Wildman–Crippen LogP) is 3.82. The fraction of sp³-hybridized carbons (Fsp3) is 0.400. The molecule has 0 saturated carbocycles. The normalized spacial score (nSPS) is 12.0. The van der Waals surface area contributed by atoms with E-state index < -0.39 is 0 Å². The van der Waals surface area contributed by atoms with Crippen molar-refractivity contribution in [1.29, 1.82) is 0 Å². The van der Waals surface area contributed by atoms with Crippen molar-refractivity contribution in [2.75, 3.05) is 23.4 Å². The number of nitrogens with one attached hydrogen (secondary N) is 2. The molecule has 0 aliphatic rings. The SMILES string of the molecule is CC[C@@H](C)c1ccccc1NC(=O)CSc1nnc(NC)s1. The molecule has 5 nitrogen and oxygen atoms in total. The number of carbonyl (C=O) groups excluding carboxylic acids is 1. The molecule has 0 fully saturated rings. The van der Waals surface area contributed by atoms with Gasteiger partial charge in [-0.3, -0.25) is 4.79 Å². The maximum Gasteiger partial charge on any atom is 0.234 e. The van der Waals surface area contributed by atoms with E-state index in [1.807, 2.05) is 18.2 Å². The van der Waals surface area contributed by atoms with Crippen LogP contribution in [0.4, 0.5) is 10.8 Å². The van der Waals surface area contributed by atoms with Gasteiger partial charge >= 0.3 is 0 Å². The Morgan fingerprint density at radius 3 is 2.82 bits per heavy atom. The van der Waals surface area contributed by atoms with Crippen LogP contribution in [0.3, 0.4) is 0 Å². The van der Waals surface area contributed by atoms with Gasteiger partial charge in [0.15, 0.2) is 4.34 Å². The van der Waals surface area contributed by atoms with Crippen LogP contribution in [0.15, 0.2) is 28.6 Å². The monoisotopic (exact) mass is 336 g/mol. The zero-order valence-electron chi connectivity index (χ0n) is 12.9. The second-order valence-electron chi connectivity index (χ2n) is 4.86. The lowest BCUT2D eigenvalue weighted by atomic mass is 9.97. The van der Waals surface area contributed by atoms with Gasteiger partial charge in [0.25, 0.3) is 0 Å². The van der Waals surface area contributed by atoms with Gasteiger partial charge in [0.05, 0.1) is 5.75 Å². The van der Waals surface area contributed by atoms with E-state index in [9.17, 15) is 4.79 Å². The number of para-hydroxylation sites is 1. The Morgan fingerprint density at radius 2 is 2.14 bits per heavy atom. The Bertz CT molecular complexity index is 630. The first-order valence-corrected chi connectivity index (χ1v) is 8.97. The average Bonchev–Trinajstić information content (AvgIpc) is 3.01. The molecule has 0 bridgehead atoms. The van der Waals surface area contributed by atoms with Gasteiger partial charge in [-0.15, -0.1) is 10.2 Å². The highest BCUT2D eigenvalue weighted by molar-refractivity contribution is 8.01. The van der Waals surface area contributed by atoms with Gasteiger partial charge in [0, 0.05) is 12.7 Å². The molecular formula is C15H20N4OS2. The number of amides is 1. The van der Waals surface area contributed by atoms with E-state index in [2.05, 4.69) is 40.7 Å². The highest BCUT2D eigenvalue weighted by Crippen LogP contribution is 2.28. The zero-order chi connectivity index (χ0) is 15.9. The van der Waals surface area contributed by atoms with Gasteiger partial charge in [-0.05, 0) is 24.0 Å². The molecule has 1 amide bonds. The van der Waals surface area contributed by atoms with Gasteiger partial charge in [0.1, 0.15) is 0 Å². The summed E-state index contributed by atoms with van der Waals surface area (Å²) in [5, 5.41) is 14.6. The first kappa shape index (κ1) is 16.8. The van der Waals surface area contributed by atoms with Gasteiger partial charge in [-0.2, -0.15) is 0 Å². The highest BCUT2D eigenvalue weighted by Gasteiger charge is 2.12. The largest absolute Gasteiger partial charge is 0.363 e. The van der Waals surface area contributed by atoms with E-state index in [1.165, 1.54) is 28.7 Å². The van der Waals surface area contributed by atoms with Crippen LogP contribution in [0.1, 0.15) is 31.7 Å². The number of rotatable bonds is 7. The highest BCUT2D eigenvalue weighted by atomic mass is 32.2. The summed E-state index contributed by atoms with van der Waals surface area (Å²) in [6, 6.07) is 7.97.